The molecule has 0 aliphatic carbocycles. The van der Waals surface area contributed by atoms with Gasteiger partial charge in [0.25, 0.3) is 0 Å². The van der Waals surface area contributed by atoms with Crippen molar-refractivity contribution in [3.63, 3.8) is 0 Å². The first-order valence-electron chi connectivity index (χ1n) is 19.9. The topological polar surface area (TPSA) is 55.3 Å². The lowest BCUT2D eigenvalue weighted by molar-refractivity contribution is 1.19. The SMILES string of the molecule is C=C/C=C\C=C/n1c2ccccc2c2cc(C(/C=C\C(=C)c3ccccc3Nc3cccc(Cc4ccc5ccccc5c4N=C(N)c4ccccc4)c3)=C/C)ccc21. The second-order valence-electron chi connectivity index (χ2n) is 14.4. The van der Waals surface area contributed by atoms with Gasteiger partial charge in [0.15, 0.2) is 0 Å². The zero-order valence-electron chi connectivity index (χ0n) is 33.2. The summed E-state index contributed by atoms with van der Waals surface area (Å²) in [6, 6.07) is 54.7. The molecule has 4 nitrogen and oxygen atoms in total. The van der Waals surface area contributed by atoms with Gasteiger partial charge in [-0.15, -0.1) is 0 Å². The molecule has 0 amide bonds. The van der Waals surface area contributed by atoms with Crippen LogP contribution in [0.1, 0.15) is 34.7 Å². The Kier molecular flexibility index (Phi) is 11.4. The molecule has 4 heteroatoms. The van der Waals surface area contributed by atoms with Crippen LogP contribution in [0.5, 0.6) is 0 Å². The highest BCUT2D eigenvalue weighted by molar-refractivity contribution is 6.10. The number of allylic oxidation sites excluding steroid dienone is 9. The highest BCUT2D eigenvalue weighted by Crippen LogP contribution is 2.35. The summed E-state index contributed by atoms with van der Waals surface area (Å²) in [5, 5.41) is 8.33. The summed E-state index contributed by atoms with van der Waals surface area (Å²) in [4.78, 5) is 5.02. The van der Waals surface area contributed by atoms with Gasteiger partial charge in [0.1, 0.15) is 5.84 Å². The molecule has 0 unspecified atom stereocenters. The van der Waals surface area contributed by atoms with Crippen LogP contribution in [-0.2, 0) is 6.42 Å². The lowest BCUT2D eigenvalue weighted by Gasteiger charge is -2.15. The van der Waals surface area contributed by atoms with Crippen LogP contribution < -0.4 is 11.1 Å². The van der Waals surface area contributed by atoms with Crippen molar-refractivity contribution in [1.29, 1.82) is 0 Å². The first-order chi connectivity index (χ1) is 29.0. The smallest absolute Gasteiger partial charge is 0.131 e. The van der Waals surface area contributed by atoms with E-state index in [1.807, 2.05) is 48.6 Å². The second kappa shape index (κ2) is 17.6. The number of amidine groups is 1. The molecule has 7 aromatic carbocycles. The van der Waals surface area contributed by atoms with E-state index in [-0.39, 0.29) is 0 Å². The Hall–Kier alpha value is -7.69. The summed E-state index contributed by atoms with van der Waals surface area (Å²) in [5.74, 6) is 0.497. The third-order valence-electron chi connectivity index (χ3n) is 10.6. The van der Waals surface area contributed by atoms with Gasteiger partial charge in [-0.3, -0.25) is 0 Å². The van der Waals surface area contributed by atoms with E-state index in [0.717, 1.165) is 72.3 Å². The van der Waals surface area contributed by atoms with E-state index in [0.29, 0.717) is 12.3 Å². The van der Waals surface area contributed by atoms with Gasteiger partial charge < -0.3 is 15.6 Å². The number of nitrogens with zero attached hydrogens (tertiary/aromatic N) is 2. The summed E-state index contributed by atoms with van der Waals surface area (Å²) in [6.07, 6.45) is 17.0. The standard InChI is InChI=1S/C55H46N4/c1-4-6-7-17-35-59-52-28-16-14-26-49(52)50-38-44(33-34-53(50)59)41(5-2)30-29-39(3)47-24-13-15-27-51(47)57-46-23-18-19-40(37-46)36-45-32-31-42-20-11-12-25-48(42)54(45)58-55(56)43-21-9-8-10-22-43/h4-35,37-38,57H,1,3,36H2,2H3,(H2,56,58)/b7-6-,30-29-,35-17-,41-5+. The van der Waals surface area contributed by atoms with Gasteiger partial charge in [0.2, 0.25) is 0 Å². The molecule has 0 spiro atoms. The normalized spacial score (nSPS) is 12.4. The van der Waals surface area contributed by atoms with Gasteiger partial charge in [0.05, 0.1) is 16.7 Å². The highest BCUT2D eigenvalue weighted by Gasteiger charge is 2.13. The van der Waals surface area contributed by atoms with Crippen LogP contribution in [0.25, 0.3) is 49.9 Å². The molecule has 0 fully saturated rings. The minimum Gasteiger partial charge on any atom is -0.383 e. The number of benzene rings is 7. The molecule has 0 atom stereocenters. The van der Waals surface area contributed by atoms with Crippen LogP contribution >= 0.6 is 0 Å². The van der Waals surface area contributed by atoms with Crippen molar-refractivity contribution in [2.45, 2.75) is 13.3 Å². The van der Waals surface area contributed by atoms with Gasteiger partial charge in [-0.1, -0.05) is 171 Å². The van der Waals surface area contributed by atoms with Crippen LogP contribution in [0.4, 0.5) is 17.1 Å². The Balaban J connectivity index is 1.03. The summed E-state index contributed by atoms with van der Waals surface area (Å²) >= 11 is 0. The molecule has 59 heavy (non-hydrogen) atoms. The first-order valence-corrected chi connectivity index (χ1v) is 19.9. The van der Waals surface area contributed by atoms with Crippen molar-refractivity contribution in [1.82, 2.24) is 4.57 Å². The first kappa shape index (κ1) is 38.2. The summed E-state index contributed by atoms with van der Waals surface area (Å²) in [6.45, 7) is 10.4. The maximum Gasteiger partial charge on any atom is 0.131 e. The van der Waals surface area contributed by atoms with Crippen LogP contribution in [0.2, 0.25) is 0 Å². The van der Waals surface area contributed by atoms with Gasteiger partial charge in [0, 0.05) is 44.9 Å². The number of anilines is 2. The second-order valence-corrected chi connectivity index (χ2v) is 14.4. The van der Waals surface area contributed by atoms with Crippen molar-refractivity contribution in [3.05, 3.63) is 241 Å². The Morgan fingerprint density at radius 1 is 0.678 bits per heavy atom. The number of rotatable bonds is 13. The molecule has 8 rings (SSSR count). The third-order valence-corrected chi connectivity index (χ3v) is 10.6. The number of fused-ring (bicyclic) bond motifs is 4. The quantitative estimate of drug-likeness (QED) is 0.0698. The Labute approximate surface area is 346 Å². The zero-order valence-corrected chi connectivity index (χ0v) is 33.2. The molecule has 0 aliphatic heterocycles. The predicted octanol–water partition coefficient (Wildman–Crippen LogP) is 14.2. The van der Waals surface area contributed by atoms with Crippen LogP contribution in [0, 0.1) is 0 Å². The van der Waals surface area contributed by atoms with Crippen molar-refractivity contribution in [2.24, 2.45) is 10.7 Å². The molecule has 3 N–H and O–H groups in total. The van der Waals surface area contributed by atoms with E-state index in [2.05, 4.69) is 182 Å². The summed E-state index contributed by atoms with van der Waals surface area (Å²) in [5.41, 5.74) is 19.2. The average Bonchev–Trinajstić information content (AvgIpc) is 3.59. The molecule has 0 saturated carbocycles. The largest absolute Gasteiger partial charge is 0.383 e. The maximum absolute atomic E-state index is 6.58. The fourth-order valence-corrected chi connectivity index (χ4v) is 7.64. The number of aliphatic imine (C=N–C) groups is 1. The Morgan fingerprint density at radius 3 is 2.29 bits per heavy atom. The Morgan fingerprint density at radius 2 is 1.44 bits per heavy atom. The Bertz CT molecular complexity index is 2990. The molecule has 0 radical (unpaired) electrons. The molecule has 8 aromatic rings. The summed E-state index contributed by atoms with van der Waals surface area (Å²) in [7, 11) is 0. The monoisotopic (exact) mass is 762 g/mol. The number of nitrogens with one attached hydrogen (secondary N) is 1. The maximum atomic E-state index is 6.58. The third kappa shape index (κ3) is 8.39. The number of para-hydroxylation sites is 2. The van der Waals surface area contributed by atoms with Gasteiger partial charge >= 0.3 is 0 Å². The summed E-state index contributed by atoms with van der Waals surface area (Å²) < 4.78 is 2.24. The molecule has 0 saturated heterocycles. The number of aromatic nitrogens is 1. The minimum atomic E-state index is 0.497. The van der Waals surface area contributed by atoms with Crippen LogP contribution in [0.15, 0.2) is 218 Å². The minimum absolute atomic E-state index is 0.497. The van der Waals surface area contributed by atoms with Crippen molar-refractivity contribution in [2.75, 3.05) is 5.32 Å². The highest BCUT2D eigenvalue weighted by atomic mass is 15.0. The fourth-order valence-electron chi connectivity index (χ4n) is 7.64. The molecular weight excluding hydrogens is 717 g/mol. The lowest BCUT2D eigenvalue weighted by Crippen LogP contribution is -2.12. The molecule has 0 aliphatic rings. The number of hydrogen-bond donors (Lipinski definition) is 2. The molecule has 1 heterocycles. The van der Waals surface area contributed by atoms with Crippen LogP contribution in [0.3, 0.4) is 0 Å². The van der Waals surface area contributed by atoms with Gasteiger partial charge in [-0.25, -0.2) is 4.99 Å². The van der Waals surface area contributed by atoms with Crippen LogP contribution in [-0.4, -0.2) is 10.4 Å². The number of hydrogen-bond acceptors (Lipinski definition) is 2. The van der Waals surface area contributed by atoms with E-state index in [9.17, 15) is 0 Å². The number of nitrogens with two attached hydrogens (primary N) is 1. The molecule has 1 aromatic heterocycles. The van der Waals surface area contributed by atoms with E-state index in [1.165, 1.54) is 16.3 Å². The van der Waals surface area contributed by atoms with Crippen molar-refractivity contribution in [3.8, 4) is 0 Å². The van der Waals surface area contributed by atoms with E-state index >= 15 is 0 Å². The van der Waals surface area contributed by atoms with Crippen molar-refractivity contribution < 1.29 is 0 Å². The van der Waals surface area contributed by atoms with E-state index in [4.69, 9.17) is 10.7 Å². The molecule has 286 valence electrons. The zero-order chi connectivity index (χ0) is 40.6. The average molecular weight is 763 g/mol. The lowest BCUT2D eigenvalue weighted by atomic mass is 9.98. The van der Waals surface area contributed by atoms with Gasteiger partial charge in [-0.2, -0.15) is 0 Å². The van der Waals surface area contributed by atoms with Crippen molar-refractivity contribution >= 4 is 72.8 Å². The predicted molar refractivity (Wildman–Crippen MR) is 256 cm³/mol. The van der Waals surface area contributed by atoms with E-state index < -0.39 is 0 Å². The van der Waals surface area contributed by atoms with E-state index in [1.54, 1.807) is 6.08 Å². The van der Waals surface area contributed by atoms with Gasteiger partial charge in [-0.05, 0) is 89.0 Å². The fraction of sp³-hybridized carbons (Fsp3) is 0.0364. The molecule has 0 bridgehead atoms. The molecular formula is C55H46N4.